The normalized spacial score (nSPS) is 26.4. The van der Waals surface area contributed by atoms with Crippen molar-refractivity contribution in [3.8, 4) is 0 Å². The lowest BCUT2D eigenvalue weighted by Crippen LogP contribution is -2.29. The highest BCUT2D eigenvalue weighted by Gasteiger charge is 2.57. The molecule has 1 aromatic carbocycles. The number of fused-ring (bicyclic) bond motifs is 5. The Morgan fingerprint density at radius 1 is 1.15 bits per heavy atom. The molecule has 2 aliphatic heterocycles. The van der Waals surface area contributed by atoms with Gasteiger partial charge in [0.15, 0.2) is 0 Å². The van der Waals surface area contributed by atoms with Crippen LogP contribution in [0.5, 0.6) is 0 Å². The summed E-state index contributed by atoms with van der Waals surface area (Å²) in [5, 5.41) is 0. The molecule has 0 aromatic heterocycles. The maximum absolute atomic E-state index is 12.1. The predicted octanol–water partition coefficient (Wildman–Crippen LogP) is 1.63. The van der Waals surface area contributed by atoms with Crippen LogP contribution in [0, 0.1) is 0 Å². The van der Waals surface area contributed by atoms with Crippen molar-refractivity contribution < 1.29 is 23.8 Å². The van der Waals surface area contributed by atoms with E-state index in [1.807, 2.05) is 24.3 Å². The van der Waals surface area contributed by atoms with Gasteiger partial charge in [-0.25, -0.2) is 9.59 Å². The van der Waals surface area contributed by atoms with E-state index in [4.69, 9.17) is 14.2 Å². The number of methoxy groups -OCH3 is 2. The molecule has 2 bridgehead atoms. The van der Waals surface area contributed by atoms with E-state index in [-0.39, 0.29) is 11.1 Å². The summed E-state index contributed by atoms with van der Waals surface area (Å²) in [5.74, 6) is -1.13. The van der Waals surface area contributed by atoms with Crippen LogP contribution in [-0.4, -0.2) is 26.2 Å². The fourth-order valence-corrected chi connectivity index (χ4v) is 3.04. The molecule has 20 heavy (non-hydrogen) atoms. The van der Waals surface area contributed by atoms with Crippen molar-refractivity contribution in [3.05, 3.63) is 46.5 Å². The van der Waals surface area contributed by atoms with E-state index in [0.717, 1.165) is 11.1 Å². The monoisotopic (exact) mass is 274 g/mol. The Morgan fingerprint density at radius 3 is 2.45 bits per heavy atom. The fourth-order valence-electron chi connectivity index (χ4n) is 3.04. The Balaban J connectivity index is 2.25. The van der Waals surface area contributed by atoms with Crippen LogP contribution in [0.2, 0.25) is 0 Å². The van der Waals surface area contributed by atoms with Gasteiger partial charge in [-0.05, 0) is 18.1 Å². The van der Waals surface area contributed by atoms with E-state index in [9.17, 15) is 9.59 Å². The maximum atomic E-state index is 12.1. The fraction of sp³-hybridized carbons (Fsp3) is 0.333. The average Bonchev–Trinajstić information content (AvgIpc) is 2.95. The molecule has 0 spiro atoms. The first-order valence-electron chi connectivity index (χ1n) is 6.23. The highest BCUT2D eigenvalue weighted by atomic mass is 16.6. The molecule has 5 nitrogen and oxygen atoms in total. The molecule has 0 aliphatic carbocycles. The van der Waals surface area contributed by atoms with Gasteiger partial charge >= 0.3 is 11.9 Å². The lowest BCUT2D eigenvalue weighted by Gasteiger charge is -2.24. The molecular weight excluding hydrogens is 260 g/mol. The van der Waals surface area contributed by atoms with Gasteiger partial charge in [0.25, 0.3) is 0 Å². The molecule has 3 rings (SSSR count). The third-order valence-corrected chi connectivity index (χ3v) is 3.91. The first kappa shape index (κ1) is 12.9. The van der Waals surface area contributed by atoms with Gasteiger partial charge in [0.1, 0.15) is 11.7 Å². The molecule has 104 valence electrons. The van der Waals surface area contributed by atoms with Gasteiger partial charge in [0.05, 0.1) is 25.4 Å². The molecule has 5 heteroatoms. The van der Waals surface area contributed by atoms with Crippen LogP contribution in [0.15, 0.2) is 35.4 Å². The maximum Gasteiger partial charge on any atom is 0.337 e. The van der Waals surface area contributed by atoms with E-state index in [0.29, 0.717) is 0 Å². The molecule has 2 atom stereocenters. The van der Waals surface area contributed by atoms with Crippen molar-refractivity contribution >= 4 is 11.9 Å². The summed E-state index contributed by atoms with van der Waals surface area (Å²) in [6, 6.07) is 7.54. The minimum Gasteiger partial charge on any atom is -0.466 e. The van der Waals surface area contributed by atoms with E-state index in [1.54, 1.807) is 6.92 Å². The van der Waals surface area contributed by atoms with Crippen molar-refractivity contribution in [1.82, 2.24) is 0 Å². The summed E-state index contributed by atoms with van der Waals surface area (Å²) < 4.78 is 15.5. The van der Waals surface area contributed by atoms with Crippen LogP contribution in [0.4, 0.5) is 0 Å². The number of esters is 2. The number of ether oxygens (including phenoxy) is 3. The molecule has 0 saturated heterocycles. The highest BCUT2D eigenvalue weighted by Crippen LogP contribution is 2.57. The van der Waals surface area contributed by atoms with E-state index in [1.165, 1.54) is 14.2 Å². The molecular formula is C15H14O5. The minimum absolute atomic E-state index is 0.232. The lowest BCUT2D eigenvalue weighted by atomic mass is 9.78. The summed E-state index contributed by atoms with van der Waals surface area (Å²) in [6.45, 7) is 1.77. The van der Waals surface area contributed by atoms with Gasteiger partial charge in [-0.3, -0.25) is 0 Å². The van der Waals surface area contributed by atoms with Gasteiger partial charge in [0, 0.05) is 0 Å². The molecule has 2 aliphatic rings. The van der Waals surface area contributed by atoms with Crippen molar-refractivity contribution in [2.24, 2.45) is 0 Å². The number of rotatable bonds is 2. The number of hydrogen-bond donors (Lipinski definition) is 0. The molecule has 0 radical (unpaired) electrons. The van der Waals surface area contributed by atoms with Gasteiger partial charge < -0.3 is 14.2 Å². The Hall–Kier alpha value is -2.14. The Bertz CT molecular complexity index is 645. The predicted molar refractivity (Wildman–Crippen MR) is 68.7 cm³/mol. The van der Waals surface area contributed by atoms with Crippen LogP contribution < -0.4 is 0 Å². The SMILES string of the molecule is COC(=O)C1=C(C(=O)OC)[C@@]2(C)O[C@@H]1c1ccccc12. The largest absolute Gasteiger partial charge is 0.466 e. The summed E-state index contributed by atoms with van der Waals surface area (Å²) in [4.78, 5) is 24.1. The first-order valence-corrected chi connectivity index (χ1v) is 6.23. The van der Waals surface area contributed by atoms with Gasteiger partial charge in [-0.2, -0.15) is 0 Å². The van der Waals surface area contributed by atoms with Gasteiger partial charge in [-0.1, -0.05) is 24.3 Å². The van der Waals surface area contributed by atoms with E-state index in [2.05, 4.69) is 0 Å². The zero-order valence-electron chi connectivity index (χ0n) is 11.4. The van der Waals surface area contributed by atoms with Crippen LogP contribution in [0.1, 0.15) is 24.2 Å². The quantitative estimate of drug-likeness (QED) is 0.767. The zero-order valence-corrected chi connectivity index (χ0v) is 11.4. The summed E-state index contributed by atoms with van der Waals surface area (Å²) >= 11 is 0. The molecule has 0 N–H and O–H groups in total. The molecule has 0 fully saturated rings. The van der Waals surface area contributed by atoms with E-state index < -0.39 is 23.6 Å². The first-order chi connectivity index (χ1) is 9.54. The molecule has 2 heterocycles. The topological polar surface area (TPSA) is 61.8 Å². The number of hydrogen-bond acceptors (Lipinski definition) is 5. The highest BCUT2D eigenvalue weighted by molar-refractivity contribution is 6.04. The zero-order chi connectivity index (χ0) is 14.5. The summed E-state index contributed by atoms with van der Waals surface area (Å²) in [7, 11) is 2.57. The van der Waals surface area contributed by atoms with Crippen molar-refractivity contribution in [2.75, 3.05) is 14.2 Å². The average molecular weight is 274 g/mol. The Labute approximate surface area is 116 Å². The minimum atomic E-state index is -0.960. The molecule has 0 unspecified atom stereocenters. The van der Waals surface area contributed by atoms with Crippen molar-refractivity contribution in [2.45, 2.75) is 18.6 Å². The van der Waals surface area contributed by atoms with Gasteiger partial charge in [-0.15, -0.1) is 0 Å². The van der Waals surface area contributed by atoms with Gasteiger partial charge in [0.2, 0.25) is 0 Å². The lowest BCUT2D eigenvalue weighted by molar-refractivity contribution is -0.139. The second-order valence-corrected chi connectivity index (χ2v) is 4.89. The van der Waals surface area contributed by atoms with Crippen LogP contribution >= 0.6 is 0 Å². The third kappa shape index (κ3) is 1.41. The second kappa shape index (κ2) is 4.18. The molecule has 0 amide bonds. The van der Waals surface area contributed by atoms with Crippen molar-refractivity contribution in [3.63, 3.8) is 0 Å². The summed E-state index contributed by atoms with van der Waals surface area (Å²) in [5.41, 5.74) is 1.29. The molecule has 0 saturated carbocycles. The Morgan fingerprint density at radius 2 is 1.80 bits per heavy atom. The number of carbonyl (C=O) groups excluding carboxylic acids is 2. The molecule has 1 aromatic rings. The summed E-state index contributed by atoms with van der Waals surface area (Å²) in [6.07, 6.45) is -0.572. The smallest absolute Gasteiger partial charge is 0.337 e. The van der Waals surface area contributed by atoms with Crippen LogP contribution in [0.25, 0.3) is 0 Å². The van der Waals surface area contributed by atoms with E-state index >= 15 is 0 Å². The van der Waals surface area contributed by atoms with Crippen LogP contribution in [0.3, 0.4) is 0 Å². The number of benzene rings is 1. The van der Waals surface area contributed by atoms with Crippen molar-refractivity contribution in [1.29, 1.82) is 0 Å². The van der Waals surface area contributed by atoms with Crippen LogP contribution in [-0.2, 0) is 29.4 Å². The second-order valence-electron chi connectivity index (χ2n) is 4.89. The number of carbonyl (C=O) groups is 2. The third-order valence-electron chi connectivity index (χ3n) is 3.91. The standard InChI is InChI=1S/C15H14O5/c1-15-9-7-5-4-6-8(9)12(20-15)10(13(16)18-2)11(15)14(17)19-3/h4-7,12H,1-3H3/t12-,15+/m1/s1. The Kier molecular flexibility index (Phi) is 2.69.